The van der Waals surface area contributed by atoms with E-state index in [9.17, 15) is 4.79 Å². The van der Waals surface area contributed by atoms with Gasteiger partial charge in [-0.25, -0.2) is 0 Å². The van der Waals surface area contributed by atoms with Crippen molar-refractivity contribution in [3.63, 3.8) is 0 Å². The van der Waals surface area contributed by atoms with E-state index in [0.717, 1.165) is 42.9 Å². The number of methoxy groups -OCH3 is 1. The van der Waals surface area contributed by atoms with Crippen LogP contribution in [-0.2, 0) is 11.2 Å². The summed E-state index contributed by atoms with van der Waals surface area (Å²) in [5, 5.41) is 3.18. The highest BCUT2D eigenvalue weighted by molar-refractivity contribution is 6.18. The first kappa shape index (κ1) is 16.2. The van der Waals surface area contributed by atoms with Crippen LogP contribution >= 0.6 is 11.6 Å². The standard InChI is InChI=1S/C17H24ClNO2/c1-13-7-9-17(12-18,10-8-13)19-16(20)11-14-3-5-15(21-2)6-4-14/h3-6,13H,7-12H2,1-2H3,(H,19,20). The zero-order chi connectivity index (χ0) is 15.3. The van der Waals surface area contributed by atoms with Gasteiger partial charge in [-0.1, -0.05) is 19.1 Å². The molecule has 1 saturated carbocycles. The molecule has 0 aromatic heterocycles. The van der Waals surface area contributed by atoms with Crippen LogP contribution in [0.15, 0.2) is 24.3 Å². The number of ether oxygens (including phenoxy) is 1. The summed E-state index contributed by atoms with van der Waals surface area (Å²) < 4.78 is 5.12. The molecule has 0 saturated heterocycles. The molecular formula is C17H24ClNO2. The molecule has 4 heteroatoms. The zero-order valence-electron chi connectivity index (χ0n) is 12.8. The lowest BCUT2D eigenvalue weighted by molar-refractivity contribution is -0.122. The highest BCUT2D eigenvalue weighted by Crippen LogP contribution is 2.32. The van der Waals surface area contributed by atoms with Crippen LogP contribution in [0.25, 0.3) is 0 Å². The zero-order valence-corrected chi connectivity index (χ0v) is 13.6. The van der Waals surface area contributed by atoms with E-state index in [1.54, 1.807) is 7.11 Å². The fourth-order valence-corrected chi connectivity index (χ4v) is 3.21. The van der Waals surface area contributed by atoms with E-state index in [1.165, 1.54) is 0 Å². The molecule has 0 atom stereocenters. The molecule has 3 nitrogen and oxygen atoms in total. The van der Waals surface area contributed by atoms with Gasteiger partial charge in [-0.2, -0.15) is 0 Å². The van der Waals surface area contributed by atoms with Crippen LogP contribution in [-0.4, -0.2) is 24.4 Å². The molecule has 116 valence electrons. The van der Waals surface area contributed by atoms with Crippen molar-refractivity contribution in [3.8, 4) is 5.75 Å². The predicted molar refractivity (Wildman–Crippen MR) is 85.9 cm³/mol. The molecule has 1 aliphatic rings. The Balaban J connectivity index is 1.93. The van der Waals surface area contributed by atoms with Crippen LogP contribution in [0.1, 0.15) is 38.2 Å². The first-order valence-electron chi connectivity index (χ1n) is 7.57. The van der Waals surface area contributed by atoms with Gasteiger partial charge in [-0.15, -0.1) is 11.6 Å². The van der Waals surface area contributed by atoms with Gasteiger partial charge in [0.1, 0.15) is 5.75 Å². The number of amides is 1. The molecule has 1 fully saturated rings. The number of nitrogens with one attached hydrogen (secondary N) is 1. The highest BCUT2D eigenvalue weighted by Gasteiger charge is 2.34. The number of hydrogen-bond donors (Lipinski definition) is 1. The van der Waals surface area contributed by atoms with Gasteiger partial charge >= 0.3 is 0 Å². The van der Waals surface area contributed by atoms with Crippen molar-refractivity contribution in [2.24, 2.45) is 5.92 Å². The largest absolute Gasteiger partial charge is 0.497 e. The molecule has 1 aliphatic carbocycles. The van der Waals surface area contributed by atoms with Crippen LogP contribution in [0, 0.1) is 5.92 Å². The van der Waals surface area contributed by atoms with Crippen LogP contribution in [0.3, 0.4) is 0 Å². The molecule has 0 bridgehead atoms. The molecule has 1 aromatic carbocycles. The SMILES string of the molecule is COc1ccc(CC(=O)NC2(CCl)CCC(C)CC2)cc1. The molecule has 0 radical (unpaired) electrons. The van der Waals surface area contributed by atoms with Gasteiger partial charge in [0, 0.05) is 5.88 Å². The Bertz CT molecular complexity index is 464. The minimum atomic E-state index is -0.211. The Morgan fingerprint density at radius 1 is 1.33 bits per heavy atom. The molecule has 1 N–H and O–H groups in total. The maximum absolute atomic E-state index is 12.3. The van der Waals surface area contributed by atoms with Crippen molar-refractivity contribution in [1.82, 2.24) is 5.32 Å². The Labute approximate surface area is 132 Å². The van der Waals surface area contributed by atoms with Gasteiger partial charge in [0.2, 0.25) is 5.91 Å². The summed E-state index contributed by atoms with van der Waals surface area (Å²) in [5.74, 6) is 2.08. The molecular weight excluding hydrogens is 286 g/mol. The average molecular weight is 310 g/mol. The summed E-state index contributed by atoms with van der Waals surface area (Å²) in [6.07, 6.45) is 4.61. The minimum absolute atomic E-state index is 0.0513. The molecule has 0 unspecified atom stereocenters. The van der Waals surface area contributed by atoms with Crippen molar-refractivity contribution in [1.29, 1.82) is 0 Å². The average Bonchev–Trinajstić information content (AvgIpc) is 2.50. The van der Waals surface area contributed by atoms with Crippen molar-refractivity contribution in [2.75, 3.05) is 13.0 Å². The maximum Gasteiger partial charge on any atom is 0.224 e. The Morgan fingerprint density at radius 2 is 1.95 bits per heavy atom. The molecule has 21 heavy (non-hydrogen) atoms. The van der Waals surface area contributed by atoms with Gasteiger partial charge in [-0.3, -0.25) is 4.79 Å². The van der Waals surface area contributed by atoms with E-state index in [4.69, 9.17) is 16.3 Å². The number of benzene rings is 1. The second-order valence-electron chi connectivity index (χ2n) is 6.17. The summed E-state index contributed by atoms with van der Waals surface area (Å²) in [6, 6.07) is 7.61. The quantitative estimate of drug-likeness (QED) is 0.845. The summed E-state index contributed by atoms with van der Waals surface area (Å²) in [4.78, 5) is 12.3. The van der Waals surface area contributed by atoms with E-state index in [1.807, 2.05) is 24.3 Å². The molecule has 0 aliphatic heterocycles. The molecule has 0 heterocycles. The fraction of sp³-hybridized carbons (Fsp3) is 0.588. The summed E-state index contributed by atoms with van der Waals surface area (Å²) in [7, 11) is 1.63. The van der Waals surface area contributed by atoms with Crippen molar-refractivity contribution in [2.45, 2.75) is 44.6 Å². The Hall–Kier alpha value is -1.22. The molecule has 2 rings (SSSR count). The monoisotopic (exact) mass is 309 g/mol. The third kappa shape index (κ3) is 4.37. The van der Waals surface area contributed by atoms with Gasteiger partial charge in [0.25, 0.3) is 0 Å². The predicted octanol–water partition coefficient (Wildman–Crippen LogP) is 3.54. The van der Waals surface area contributed by atoms with Gasteiger partial charge in [-0.05, 0) is 49.3 Å². The number of carbonyl (C=O) groups excluding carboxylic acids is 1. The van der Waals surface area contributed by atoms with Crippen LogP contribution in [0.4, 0.5) is 0 Å². The number of rotatable bonds is 5. The van der Waals surface area contributed by atoms with Crippen LogP contribution in [0.5, 0.6) is 5.75 Å². The number of carbonyl (C=O) groups is 1. The van der Waals surface area contributed by atoms with Gasteiger partial charge in [0.15, 0.2) is 0 Å². The first-order valence-corrected chi connectivity index (χ1v) is 8.10. The number of halogens is 1. The third-order valence-corrected chi connectivity index (χ3v) is 4.93. The highest BCUT2D eigenvalue weighted by atomic mass is 35.5. The number of hydrogen-bond acceptors (Lipinski definition) is 2. The van der Waals surface area contributed by atoms with E-state index >= 15 is 0 Å². The van der Waals surface area contributed by atoms with E-state index < -0.39 is 0 Å². The van der Waals surface area contributed by atoms with E-state index in [2.05, 4.69) is 12.2 Å². The smallest absolute Gasteiger partial charge is 0.224 e. The second kappa shape index (κ2) is 7.17. The maximum atomic E-state index is 12.3. The van der Waals surface area contributed by atoms with E-state index in [0.29, 0.717) is 12.3 Å². The van der Waals surface area contributed by atoms with Gasteiger partial charge in [0.05, 0.1) is 19.1 Å². The second-order valence-corrected chi connectivity index (χ2v) is 6.44. The van der Waals surface area contributed by atoms with Crippen molar-refractivity contribution < 1.29 is 9.53 Å². The molecule has 0 spiro atoms. The normalized spacial score (nSPS) is 25.4. The third-order valence-electron chi connectivity index (χ3n) is 4.42. The minimum Gasteiger partial charge on any atom is -0.497 e. The van der Waals surface area contributed by atoms with E-state index in [-0.39, 0.29) is 11.4 Å². The molecule has 1 aromatic rings. The lowest BCUT2D eigenvalue weighted by Crippen LogP contribution is -2.52. The summed E-state index contributed by atoms with van der Waals surface area (Å²) >= 11 is 6.14. The molecule has 1 amide bonds. The van der Waals surface area contributed by atoms with Crippen molar-refractivity contribution >= 4 is 17.5 Å². The first-order chi connectivity index (χ1) is 10.1. The van der Waals surface area contributed by atoms with Crippen LogP contribution in [0.2, 0.25) is 0 Å². The lowest BCUT2D eigenvalue weighted by atomic mass is 9.78. The summed E-state index contributed by atoms with van der Waals surface area (Å²) in [5.41, 5.74) is 0.777. The van der Waals surface area contributed by atoms with Gasteiger partial charge < -0.3 is 10.1 Å². The number of alkyl halides is 1. The summed E-state index contributed by atoms with van der Waals surface area (Å²) in [6.45, 7) is 2.26. The lowest BCUT2D eigenvalue weighted by Gasteiger charge is -2.38. The Morgan fingerprint density at radius 3 is 2.48 bits per heavy atom. The topological polar surface area (TPSA) is 38.3 Å². The van der Waals surface area contributed by atoms with Crippen molar-refractivity contribution in [3.05, 3.63) is 29.8 Å². The fourth-order valence-electron chi connectivity index (χ4n) is 2.88. The Kier molecular flexibility index (Phi) is 5.51. The van der Waals surface area contributed by atoms with Crippen LogP contribution < -0.4 is 10.1 Å².